The van der Waals surface area contributed by atoms with E-state index >= 15 is 0 Å². The van der Waals surface area contributed by atoms with Crippen LogP contribution in [0, 0.1) is 0 Å². The van der Waals surface area contributed by atoms with Gasteiger partial charge in [0.1, 0.15) is 11.4 Å². The Morgan fingerprint density at radius 3 is 2.57 bits per heavy atom. The number of aliphatic imine (C=N–C) groups is 1. The van der Waals surface area contributed by atoms with Crippen LogP contribution in [-0.4, -0.2) is 74.2 Å². The van der Waals surface area contributed by atoms with E-state index in [4.69, 9.17) is 9.73 Å². The van der Waals surface area contributed by atoms with E-state index < -0.39 is 0 Å². The van der Waals surface area contributed by atoms with E-state index in [-0.39, 0.29) is 29.6 Å². The third kappa shape index (κ3) is 8.53. The Balaban J connectivity index is 0.00000392. The van der Waals surface area contributed by atoms with Gasteiger partial charge < -0.3 is 20.3 Å². The molecule has 1 saturated heterocycles. The topological polar surface area (TPSA) is 52.1 Å². The van der Waals surface area contributed by atoms with Crippen molar-refractivity contribution in [1.82, 2.24) is 20.4 Å². The fourth-order valence-electron chi connectivity index (χ4n) is 3.11. The van der Waals surface area contributed by atoms with E-state index in [1.54, 1.807) is 0 Å². The minimum absolute atomic E-state index is 0. The number of hydrogen-bond acceptors (Lipinski definition) is 4. The van der Waals surface area contributed by atoms with Crippen LogP contribution >= 0.6 is 24.0 Å². The number of nitrogens with zero attached hydrogens (tertiary/aromatic N) is 3. The van der Waals surface area contributed by atoms with Crippen LogP contribution in [0.15, 0.2) is 29.3 Å². The molecule has 160 valence electrons. The molecule has 1 unspecified atom stereocenters. The molecule has 0 aromatic heterocycles. The summed E-state index contributed by atoms with van der Waals surface area (Å²) in [6, 6.07) is 8.63. The van der Waals surface area contributed by atoms with E-state index in [2.05, 4.69) is 68.3 Å². The Morgan fingerprint density at radius 2 is 1.89 bits per heavy atom. The van der Waals surface area contributed by atoms with Crippen LogP contribution in [0.5, 0.6) is 5.75 Å². The number of para-hydroxylation sites is 1. The highest BCUT2D eigenvalue weighted by Crippen LogP contribution is 2.23. The van der Waals surface area contributed by atoms with Gasteiger partial charge in [0.15, 0.2) is 5.96 Å². The van der Waals surface area contributed by atoms with E-state index in [0.29, 0.717) is 12.6 Å². The van der Waals surface area contributed by atoms with E-state index in [1.165, 1.54) is 0 Å². The number of hydrogen-bond donors (Lipinski definition) is 2. The third-order valence-electron chi connectivity index (χ3n) is 4.63. The zero-order valence-electron chi connectivity index (χ0n) is 18.3. The van der Waals surface area contributed by atoms with Gasteiger partial charge >= 0.3 is 0 Å². The van der Waals surface area contributed by atoms with Crippen LogP contribution in [0.3, 0.4) is 0 Å². The molecule has 1 heterocycles. The monoisotopic (exact) mass is 503 g/mol. The summed E-state index contributed by atoms with van der Waals surface area (Å²) in [6.07, 6.45) is 0. The second kappa shape index (κ2) is 11.8. The van der Waals surface area contributed by atoms with Crippen LogP contribution < -0.4 is 15.4 Å². The predicted octanol–water partition coefficient (Wildman–Crippen LogP) is 2.78. The number of likely N-dealkylation sites (N-methyl/N-ethyl adjacent to an activating group) is 2. The molecule has 2 rings (SSSR count). The summed E-state index contributed by atoms with van der Waals surface area (Å²) >= 11 is 0. The van der Waals surface area contributed by atoms with Gasteiger partial charge in [0.05, 0.1) is 6.54 Å². The maximum Gasteiger partial charge on any atom is 0.191 e. The molecule has 28 heavy (non-hydrogen) atoms. The quantitative estimate of drug-likeness (QED) is 0.355. The molecule has 1 fully saturated rings. The fourth-order valence-corrected chi connectivity index (χ4v) is 3.11. The standard InChI is InChI=1S/C21H37N5O.HI/c1-7-22-20(24-15-18-16-25(5)12-13-26(18)6)23-14-17-10-8-9-11-19(17)27-21(2,3)4;/h8-11,18H,7,12-16H2,1-6H3,(H2,22,23,24);1H. The van der Waals surface area contributed by atoms with Crippen molar-refractivity contribution in [2.24, 2.45) is 4.99 Å². The molecule has 1 aliphatic rings. The van der Waals surface area contributed by atoms with Gasteiger partial charge in [0.25, 0.3) is 0 Å². The Bertz CT molecular complexity index is 617. The minimum Gasteiger partial charge on any atom is -0.488 e. The third-order valence-corrected chi connectivity index (χ3v) is 4.63. The second-order valence-electron chi connectivity index (χ2n) is 8.29. The highest BCUT2D eigenvalue weighted by Gasteiger charge is 2.22. The van der Waals surface area contributed by atoms with E-state index in [9.17, 15) is 0 Å². The zero-order valence-corrected chi connectivity index (χ0v) is 20.6. The first-order chi connectivity index (χ1) is 12.8. The number of ether oxygens (including phenoxy) is 1. The van der Waals surface area contributed by atoms with Crippen molar-refractivity contribution in [2.45, 2.75) is 45.9 Å². The molecule has 7 heteroatoms. The maximum absolute atomic E-state index is 6.08. The lowest BCUT2D eigenvalue weighted by molar-refractivity contribution is 0.116. The average Bonchev–Trinajstić information content (AvgIpc) is 2.60. The summed E-state index contributed by atoms with van der Waals surface area (Å²) in [5.41, 5.74) is 0.874. The second-order valence-corrected chi connectivity index (χ2v) is 8.29. The summed E-state index contributed by atoms with van der Waals surface area (Å²) in [6.45, 7) is 13.9. The Kier molecular flexibility index (Phi) is 10.5. The highest BCUT2D eigenvalue weighted by molar-refractivity contribution is 14.0. The van der Waals surface area contributed by atoms with Crippen LogP contribution in [0.2, 0.25) is 0 Å². The van der Waals surface area contributed by atoms with Gasteiger partial charge in [-0.25, -0.2) is 4.99 Å². The van der Waals surface area contributed by atoms with Gasteiger partial charge in [-0.2, -0.15) is 0 Å². The smallest absolute Gasteiger partial charge is 0.191 e. The van der Waals surface area contributed by atoms with Crippen LogP contribution in [-0.2, 0) is 6.54 Å². The van der Waals surface area contributed by atoms with E-state index in [1.807, 2.05) is 18.2 Å². The molecule has 2 N–H and O–H groups in total. The molecule has 1 atom stereocenters. The van der Waals surface area contributed by atoms with Crippen molar-refractivity contribution in [1.29, 1.82) is 0 Å². The highest BCUT2D eigenvalue weighted by atomic mass is 127. The number of nitrogens with one attached hydrogen (secondary N) is 2. The van der Waals surface area contributed by atoms with Crippen molar-refractivity contribution < 1.29 is 4.74 Å². The molecular weight excluding hydrogens is 465 g/mol. The average molecular weight is 503 g/mol. The number of benzene rings is 1. The first-order valence-electron chi connectivity index (χ1n) is 9.96. The van der Waals surface area contributed by atoms with Gasteiger partial charge in [-0.05, 0) is 47.9 Å². The molecule has 0 amide bonds. The summed E-state index contributed by atoms with van der Waals surface area (Å²) < 4.78 is 6.08. The number of guanidine groups is 1. The molecule has 1 aromatic carbocycles. The van der Waals surface area contributed by atoms with Crippen molar-refractivity contribution in [3.05, 3.63) is 29.8 Å². The first kappa shape index (κ1) is 25.0. The summed E-state index contributed by atoms with van der Waals surface area (Å²) in [4.78, 5) is 9.59. The first-order valence-corrected chi connectivity index (χ1v) is 9.96. The molecule has 0 bridgehead atoms. The predicted molar refractivity (Wildman–Crippen MR) is 129 cm³/mol. The molecule has 1 aliphatic heterocycles. The van der Waals surface area contributed by atoms with E-state index in [0.717, 1.165) is 50.0 Å². The van der Waals surface area contributed by atoms with Gasteiger partial charge in [-0.3, -0.25) is 4.90 Å². The minimum atomic E-state index is -0.222. The summed E-state index contributed by atoms with van der Waals surface area (Å²) in [5, 5.41) is 6.86. The fraction of sp³-hybridized carbons (Fsp3) is 0.667. The lowest BCUT2D eigenvalue weighted by Crippen LogP contribution is -2.55. The Hall–Kier alpha value is -1.06. The summed E-state index contributed by atoms with van der Waals surface area (Å²) in [7, 11) is 4.38. The molecule has 0 spiro atoms. The van der Waals surface area contributed by atoms with Crippen molar-refractivity contribution in [2.75, 3.05) is 46.8 Å². The van der Waals surface area contributed by atoms with Crippen LogP contribution in [0.4, 0.5) is 0 Å². The van der Waals surface area contributed by atoms with Crippen molar-refractivity contribution in [3.63, 3.8) is 0 Å². The van der Waals surface area contributed by atoms with Crippen LogP contribution in [0.25, 0.3) is 0 Å². The van der Waals surface area contributed by atoms with Crippen molar-refractivity contribution >= 4 is 29.9 Å². The normalized spacial score (nSPS) is 19.1. The van der Waals surface area contributed by atoms with Gasteiger partial charge in [-0.1, -0.05) is 18.2 Å². The number of rotatable bonds is 6. The number of halogens is 1. The molecule has 1 aromatic rings. The summed E-state index contributed by atoms with van der Waals surface area (Å²) in [5.74, 6) is 1.75. The maximum atomic E-state index is 6.08. The van der Waals surface area contributed by atoms with Gasteiger partial charge in [0, 0.05) is 44.3 Å². The Labute approximate surface area is 188 Å². The van der Waals surface area contributed by atoms with Crippen LogP contribution in [0.1, 0.15) is 33.3 Å². The zero-order chi connectivity index (χ0) is 19.9. The molecular formula is C21H38IN5O. The SMILES string of the molecule is CCNC(=NCc1ccccc1OC(C)(C)C)NCC1CN(C)CCN1C.I. The van der Waals surface area contributed by atoms with Gasteiger partial charge in [0.2, 0.25) is 0 Å². The molecule has 0 saturated carbocycles. The number of piperazine rings is 1. The lowest BCUT2D eigenvalue weighted by Gasteiger charge is -2.37. The Morgan fingerprint density at radius 1 is 1.18 bits per heavy atom. The molecule has 0 radical (unpaired) electrons. The molecule has 6 nitrogen and oxygen atoms in total. The largest absolute Gasteiger partial charge is 0.488 e. The van der Waals surface area contributed by atoms with Gasteiger partial charge in [-0.15, -0.1) is 24.0 Å². The van der Waals surface area contributed by atoms with Crippen molar-refractivity contribution in [3.8, 4) is 5.75 Å². The molecule has 0 aliphatic carbocycles. The lowest BCUT2D eigenvalue weighted by atomic mass is 10.1.